The minimum Gasteiger partial charge on any atom is -0.312 e. The minimum atomic E-state index is -0.515. The van der Waals surface area contributed by atoms with Gasteiger partial charge in [-0.25, -0.2) is 39.9 Å². The first kappa shape index (κ1) is 46.5. The van der Waals surface area contributed by atoms with Crippen molar-refractivity contribution in [3.05, 3.63) is 120 Å². The molecule has 0 saturated carbocycles. The van der Waals surface area contributed by atoms with Crippen molar-refractivity contribution in [1.82, 2.24) is 39.9 Å². The normalized spacial score (nSPS) is 17.1. The van der Waals surface area contributed by atoms with Crippen LogP contribution in [0.5, 0.6) is 0 Å². The van der Waals surface area contributed by atoms with Crippen LogP contribution in [0.2, 0.25) is 0 Å². The maximum absolute atomic E-state index is 5.07. The van der Waals surface area contributed by atoms with Gasteiger partial charge in [0, 0.05) is 21.7 Å². The Morgan fingerprint density at radius 3 is 0.697 bits per heavy atom. The molecule has 346 valence electrons. The molecule has 0 amide bonds. The number of hydrogen-bond donors (Lipinski definition) is 0. The molecular formula is C54H70N12. The maximum Gasteiger partial charge on any atom is 0.151 e. The summed E-state index contributed by atoms with van der Waals surface area (Å²) in [6.07, 6.45) is 14.8. The number of aromatic nitrogens is 8. The van der Waals surface area contributed by atoms with Crippen molar-refractivity contribution in [1.29, 1.82) is 0 Å². The number of hydrogen-bond acceptors (Lipinski definition) is 12. The van der Waals surface area contributed by atoms with Gasteiger partial charge in [0.2, 0.25) is 0 Å². The lowest BCUT2D eigenvalue weighted by Gasteiger charge is -2.44. The quantitative estimate of drug-likeness (QED) is 0.164. The third-order valence-corrected chi connectivity index (χ3v) is 12.4. The fourth-order valence-corrected chi connectivity index (χ4v) is 8.61. The van der Waals surface area contributed by atoms with E-state index in [1.54, 1.807) is 0 Å². The van der Waals surface area contributed by atoms with Crippen LogP contribution in [0.1, 0.15) is 159 Å². The second-order valence-corrected chi connectivity index (χ2v) is 24.3. The summed E-state index contributed by atoms with van der Waals surface area (Å²) < 4.78 is 0. The number of fused-ring (bicyclic) bond motifs is 2. The van der Waals surface area contributed by atoms with Crippen molar-refractivity contribution in [2.45, 2.75) is 169 Å². The molecule has 12 nitrogen and oxygen atoms in total. The molecule has 0 bridgehead atoms. The molecule has 0 N–H and O–H groups in total. The van der Waals surface area contributed by atoms with E-state index in [0.717, 1.165) is 68.8 Å². The second kappa shape index (κ2) is 15.8. The zero-order valence-electron chi connectivity index (χ0n) is 42.6. The highest BCUT2D eigenvalue weighted by Gasteiger charge is 2.53. The SMILES string of the molecule is CC(C)(C)c1ccc2c(c1)N(c1cnc(C(C)(C)C)nc1)C(C1N(c3cnc(C(C)(C)C)nc3)c3ccc(C(C)(C)C)cc3N1c1cnc(C(C)(C)C)nc1)N2c1cnc(C(C)(C)C)nc1. The van der Waals surface area contributed by atoms with Crippen molar-refractivity contribution in [3.63, 3.8) is 0 Å². The summed E-state index contributed by atoms with van der Waals surface area (Å²) in [7, 11) is 0. The molecule has 6 heterocycles. The lowest BCUT2D eigenvalue weighted by atomic mass is 9.86. The molecule has 2 unspecified atom stereocenters. The molecule has 2 atom stereocenters. The summed E-state index contributed by atoms with van der Waals surface area (Å²) in [4.78, 5) is 50.1. The van der Waals surface area contributed by atoms with Gasteiger partial charge in [-0.2, -0.15) is 0 Å². The zero-order chi connectivity index (χ0) is 48.1. The lowest BCUT2D eigenvalue weighted by Crippen LogP contribution is -2.58. The average Bonchev–Trinajstić information content (AvgIpc) is 3.74. The van der Waals surface area contributed by atoms with E-state index in [1.165, 1.54) is 11.1 Å². The van der Waals surface area contributed by atoms with E-state index >= 15 is 0 Å². The van der Waals surface area contributed by atoms with Crippen molar-refractivity contribution < 1.29 is 0 Å². The van der Waals surface area contributed by atoms with Crippen molar-refractivity contribution >= 4 is 45.5 Å². The lowest BCUT2D eigenvalue weighted by molar-refractivity contribution is 0.528. The molecule has 2 aliphatic rings. The van der Waals surface area contributed by atoms with Gasteiger partial charge in [0.25, 0.3) is 0 Å². The van der Waals surface area contributed by atoms with E-state index in [0.29, 0.717) is 0 Å². The van der Waals surface area contributed by atoms with E-state index in [2.05, 4.69) is 181 Å². The highest BCUT2D eigenvalue weighted by atomic mass is 15.5. The molecule has 2 aliphatic heterocycles. The van der Waals surface area contributed by atoms with Crippen LogP contribution < -0.4 is 19.6 Å². The van der Waals surface area contributed by atoms with E-state index < -0.39 is 12.3 Å². The number of benzene rings is 2. The molecule has 0 saturated heterocycles. The Balaban J connectivity index is 1.49. The number of rotatable bonds is 5. The van der Waals surface area contributed by atoms with Gasteiger partial charge in [0.05, 0.1) is 95.1 Å². The first-order chi connectivity index (χ1) is 30.5. The largest absolute Gasteiger partial charge is 0.312 e. The predicted molar refractivity (Wildman–Crippen MR) is 269 cm³/mol. The van der Waals surface area contributed by atoms with Crippen LogP contribution in [0.15, 0.2) is 86.0 Å². The molecule has 4 aromatic heterocycles. The smallest absolute Gasteiger partial charge is 0.151 e. The van der Waals surface area contributed by atoms with Crippen LogP contribution in [0.3, 0.4) is 0 Å². The predicted octanol–water partition coefficient (Wildman–Crippen LogP) is 12.6. The van der Waals surface area contributed by atoms with Gasteiger partial charge in [-0.15, -0.1) is 0 Å². The molecular weight excluding hydrogens is 817 g/mol. The van der Waals surface area contributed by atoms with Gasteiger partial charge in [0.15, 0.2) is 12.3 Å². The van der Waals surface area contributed by atoms with Crippen LogP contribution in [-0.2, 0) is 32.5 Å². The van der Waals surface area contributed by atoms with Gasteiger partial charge in [-0.05, 0) is 46.2 Å². The van der Waals surface area contributed by atoms with E-state index in [1.807, 2.05) is 49.6 Å². The molecule has 0 radical (unpaired) electrons. The molecule has 12 heteroatoms. The van der Waals surface area contributed by atoms with Crippen LogP contribution in [0.4, 0.5) is 45.5 Å². The van der Waals surface area contributed by atoms with Crippen molar-refractivity contribution in [2.75, 3.05) is 19.6 Å². The maximum atomic E-state index is 5.07. The molecule has 0 fully saturated rings. The number of anilines is 8. The molecule has 0 aliphatic carbocycles. The van der Waals surface area contributed by atoms with Crippen LogP contribution in [-0.4, -0.2) is 52.2 Å². The third-order valence-electron chi connectivity index (χ3n) is 12.4. The van der Waals surface area contributed by atoms with E-state index in [9.17, 15) is 0 Å². The topological polar surface area (TPSA) is 116 Å². The Bertz CT molecular complexity index is 2510. The average molecular weight is 887 g/mol. The second-order valence-electron chi connectivity index (χ2n) is 24.3. The van der Waals surface area contributed by atoms with Crippen LogP contribution in [0.25, 0.3) is 0 Å². The molecule has 66 heavy (non-hydrogen) atoms. The molecule has 2 aromatic carbocycles. The third kappa shape index (κ3) is 8.59. The summed E-state index contributed by atoms with van der Waals surface area (Å²) in [5.41, 5.74) is 8.56. The van der Waals surface area contributed by atoms with E-state index in [-0.39, 0.29) is 32.5 Å². The highest BCUT2D eigenvalue weighted by molar-refractivity contribution is 5.94. The Hall–Kier alpha value is -6.04. The van der Waals surface area contributed by atoms with Gasteiger partial charge in [-0.3, -0.25) is 0 Å². The fourth-order valence-electron chi connectivity index (χ4n) is 8.61. The molecule has 6 aromatic rings. The summed E-state index contributed by atoms with van der Waals surface area (Å²) in [6.45, 7) is 39.3. The molecule has 0 spiro atoms. The Morgan fingerprint density at radius 2 is 0.500 bits per heavy atom. The van der Waals surface area contributed by atoms with Gasteiger partial charge >= 0.3 is 0 Å². The molecule has 8 rings (SSSR count). The summed E-state index contributed by atoms with van der Waals surface area (Å²) in [6, 6.07) is 13.7. The first-order valence-corrected chi connectivity index (χ1v) is 23.3. The summed E-state index contributed by atoms with van der Waals surface area (Å²) >= 11 is 0. The van der Waals surface area contributed by atoms with Crippen LogP contribution in [0, 0.1) is 0 Å². The standard InChI is InChI=1S/C54H70N12/c1-49(2,3)33-19-21-39-41(23-33)65(37-29-59-47(60-30-37)53(13,14)15)43(63(39)35-25-55-45(56-26-35)51(7,8)9)44-64(36-27-57-46(58-28-36)52(10,11)12)40-22-20-34(50(4,5)6)24-42(40)66(44)38-31-61-48(62-32-38)54(16,17)18/h19-32,43-44H,1-18H3. The van der Waals surface area contributed by atoms with E-state index in [4.69, 9.17) is 39.9 Å². The summed E-state index contributed by atoms with van der Waals surface area (Å²) in [5.74, 6) is 3.08. The Kier molecular flexibility index (Phi) is 11.1. The minimum absolute atomic E-state index is 0.142. The Morgan fingerprint density at radius 1 is 0.288 bits per heavy atom. The van der Waals surface area contributed by atoms with Crippen molar-refractivity contribution in [3.8, 4) is 0 Å². The van der Waals surface area contributed by atoms with Gasteiger partial charge in [0.1, 0.15) is 23.3 Å². The van der Waals surface area contributed by atoms with Gasteiger partial charge in [-0.1, -0.05) is 137 Å². The van der Waals surface area contributed by atoms with Crippen LogP contribution >= 0.6 is 0 Å². The van der Waals surface area contributed by atoms with Gasteiger partial charge < -0.3 is 19.6 Å². The summed E-state index contributed by atoms with van der Waals surface area (Å²) in [5, 5.41) is 0. The number of nitrogens with zero attached hydrogens (tertiary/aromatic N) is 12. The highest BCUT2D eigenvalue weighted by Crippen LogP contribution is 2.56. The first-order valence-electron chi connectivity index (χ1n) is 23.3. The Labute approximate surface area is 393 Å². The zero-order valence-corrected chi connectivity index (χ0v) is 42.6. The fraction of sp³-hybridized carbons (Fsp3) is 0.481. The monoisotopic (exact) mass is 887 g/mol. The van der Waals surface area contributed by atoms with Crippen molar-refractivity contribution in [2.24, 2.45) is 0 Å².